The Morgan fingerprint density at radius 3 is 3.00 bits per heavy atom. The van der Waals surface area contributed by atoms with E-state index in [1.54, 1.807) is 0 Å². The van der Waals surface area contributed by atoms with Gasteiger partial charge in [0.15, 0.2) is 0 Å². The van der Waals surface area contributed by atoms with Gasteiger partial charge in [0, 0.05) is 18.9 Å². The van der Waals surface area contributed by atoms with Crippen LogP contribution in [0, 0.1) is 0 Å². The highest BCUT2D eigenvalue weighted by Crippen LogP contribution is 2.46. The number of carbonyl (C=O) groups excluding carboxylic acids is 2. The van der Waals surface area contributed by atoms with Crippen LogP contribution in [0.15, 0.2) is 29.8 Å². The molecule has 0 unspecified atom stereocenters. The van der Waals surface area contributed by atoms with Crippen molar-refractivity contribution in [1.29, 1.82) is 0 Å². The summed E-state index contributed by atoms with van der Waals surface area (Å²) in [7, 11) is 0. The van der Waals surface area contributed by atoms with Gasteiger partial charge in [-0.05, 0) is 41.5 Å². The molecule has 1 aromatic rings. The van der Waals surface area contributed by atoms with Crippen LogP contribution in [0.3, 0.4) is 0 Å². The highest BCUT2D eigenvalue weighted by atomic mass is 16.5. The molecule has 2 heterocycles. The third-order valence-electron chi connectivity index (χ3n) is 5.28. The fraction of sp³-hybridized carbons (Fsp3) is 0.444. The van der Waals surface area contributed by atoms with Gasteiger partial charge in [0.2, 0.25) is 5.91 Å². The highest BCUT2D eigenvalue weighted by molar-refractivity contribution is 5.84. The number of nitrogens with zero attached hydrogens (tertiary/aromatic N) is 1. The van der Waals surface area contributed by atoms with Gasteiger partial charge in [-0.15, -0.1) is 0 Å². The summed E-state index contributed by atoms with van der Waals surface area (Å²) < 4.78 is 5.06. The number of carbonyl (C=O) groups is 2. The summed E-state index contributed by atoms with van der Waals surface area (Å²) in [4.78, 5) is 24.6. The summed E-state index contributed by atoms with van der Waals surface area (Å²) in [5, 5.41) is 0. The third-order valence-corrected chi connectivity index (χ3v) is 5.28. The van der Waals surface area contributed by atoms with Gasteiger partial charge in [0.25, 0.3) is 6.47 Å². The molecule has 0 saturated carbocycles. The molecule has 4 nitrogen and oxygen atoms in total. The molecule has 1 aliphatic carbocycles. The van der Waals surface area contributed by atoms with Crippen molar-refractivity contribution in [1.82, 2.24) is 4.90 Å². The molecule has 114 valence electrons. The second-order valence-electron chi connectivity index (χ2n) is 6.31. The Kier molecular flexibility index (Phi) is 3.25. The van der Waals surface area contributed by atoms with E-state index in [4.69, 9.17) is 4.74 Å². The molecular formula is C18H19NO3. The van der Waals surface area contributed by atoms with E-state index in [0.717, 1.165) is 25.8 Å². The molecule has 3 aliphatic rings. The number of rotatable bonds is 3. The Morgan fingerprint density at radius 1 is 1.27 bits per heavy atom. The van der Waals surface area contributed by atoms with Gasteiger partial charge in [0.05, 0.1) is 12.6 Å². The largest absolute Gasteiger partial charge is 0.467 e. The van der Waals surface area contributed by atoms with Gasteiger partial charge in [-0.25, -0.2) is 0 Å². The zero-order valence-corrected chi connectivity index (χ0v) is 12.5. The zero-order chi connectivity index (χ0) is 15.1. The third kappa shape index (κ3) is 1.97. The number of ether oxygens (including phenoxy) is 1. The first kappa shape index (κ1) is 13.6. The van der Waals surface area contributed by atoms with E-state index in [0.29, 0.717) is 19.5 Å². The number of hydrogen-bond acceptors (Lipinski definition) is 3. The molecular weight excluding hydrogens is 278 g/mol. The molecule has 22 heavy (non-hydrogen) atoms. The second-order valence-corrected chi connectivity index (χ2v) is 6.31. The molecule has 2 aliphatic heterocycles. The lowest BCUT2D eigenvalue weighted by atomic mass is 9.74. The first-order valence-electron chi connectivity index (χ1n) is 7.95. The van der Waals surface area contributed by atoms with E-state index in [2.05, 4.69) is 18.2 Å². The van der Waals surface area contributed by atoms with Crippen LogP contribution in [-0.4, -0.2) is 36.5 Å². The lowest BCUT2D eigenvalue weighted by molar-refractivity contribution is -0.129. The summed E-state index contributed by atoms with van der Waals surface area (Å²) in [6.07, 6.45) is 3.43. The molecule has 1 aromatic carbocycles. The predicted molar refractivity (Wildman–Crippen MR) is 82.1 cm³/mol. The van der Waals surface area contributed by atoms with Gasteiger partial charge in [-0.1, -0.05) is 24.3 Å². The predicted octanol–water partition coefficient (Wildman–Crippen LogP) is 2.50. The van der Waals surface area contributed by atoms with Crippen LogP contribution in [0.2, 0.25) is 0 Å². The van der Waals surface area contributed by atoms with E-state index in [1.807, 2.05) is 11.0 Å². The van der Waals surface area contributed by atoms with Crippen LogP contribution in [0.4, 0.5) is 0 Å². The van der Waals surface area contributed by atoms with Crippen molar-refractivity contribution in [3.63, 3.8) is 0 Å². The smallest absolute Gasteiger partial charge is 0.293 e. The molecule has 1 amide bonds. The number of fused-ring (bicyclic) bond motifs is 4. The molecule has 0 spiro atoms. The van der Waals surface area contributed by atoms with Crippen LogP contribution in [-0.2, 0) is 14.3 Å². The first-order valence-corrected chi connectivity index (χ1v) is 7.95. The summed E-state index contributed by atoms with van der Waals surface area (Å²) in [6.45, 7) is 1.78. The lowest BCUT2D eigenvalue weighted by Gasteiger charge is -2.39. The Morgan fingerprint density at radius 2 is 2.14 bits per heavy atom. The molecule has 4 rings (SSSR count). The van der Waals surface area contributed by atoms with Gasteiger partial charge in [-0.3, -0.25) is 9.59 Å². The van der Waals surface area contributed by atoms with Gasteiger partial charge < -0.3 is 9.64 Å². The molecule has 1 fully saturated rings. The lowest BCUT2D eigenvalue weighted by Crippen LogP contribution is -2.40. The molecule has 0 N–H and O–H groups in total. The van der Waals surface area contributed by atoms with E-state index >= 15 is 0 Å². The normalized spacial score (nSPS) is 26.4. The maximum absolute atomic E-state index is 12.0. The SMILES string of the molecule is O=COC[C@@H]1CC2=C(CCN3C(=O)CC[C@@H]23)c2ccccc21. The number of amides is 1. The van der Waals surface area contributed by atoms with Gasteiger partial charge in [-0.2, -0.15) is 0 Å². The van der Waals surface area contributed by atoms with Crippen LogP contribution < -0.4 is 0 Å². The Hall–Kier alpha value is -2.10. The Balaban J connectivity index is 1.76. The minimum atomic E-state index is 0.204. The fourth-order valence-electron chi connectivity index (χ4n) is 4.34. The zero-order valence-electron chi connectivity index (χ0n) is 12.5. The van der Waals surface area contributed by atoms with E-state index < -0.39 is 0 Å². The van der Waals surface area contributed by atoms with Gasteiger partial charge >= 0.3 is 0 Å². The Labute approximate surface area is 129 Å². The fourth-order valence-corrected chi connectivity index (χ4v) is 4.34. The first-order chi connectivity index (χ1) is 10.8. The van der Waals surface area contributed by atoms with Crippen molar-refractivity contribution in [2.45, 2.75) is 37.6 Å². The topological polar surface area (TPSA) is 46.6 Å². The number of benzene rings is 1. The van der Waals surface area contributed by atoms with Crippen LogP contribution >= 0.6 is 0 Å². The quantitative estimate of drug-likeness (QED) is 0.805. The molecule has 1 saturated heterocycles. The summed E-state index contributed by atoms with van der Waals surface area (Å²) in [5.41, 5.74) is 5.40. The van der Waals surface area contributed by atoms with E-state index in [1.165, 1.54) is 22.3 Å². The molecule has 0 aromatic heterocycles. The Bertz CT molecular complexity index is 664. The molecule has 4 heteroatoms. The van der Waals surface area contributed by atoms with Gasteiger partial charge in [0.1, 0.15) is 0 Å². The molecule has 2 atom stereocenters. The van der Waals surface area contributed by atoms with Crippen LogP contribution in [0.25, 0.3) is 5.57 Å². The monoisotopic (exact) mass is 297 g/mol. The minimum absolute atomic E-state index is 0.204. The summed E-state index contributed by atoms with van der Waals surface area (Å²) in [5.74, 6) is 0.493. The van der Waals surface area contributed by atoms with E-state index in [9.17, 15) is 9.59 Å². The van der Waals surface area contributed by atoms with Crippen LogP contribution in [0.5, 0.6) is 0 Å². The number of hydrogen-bond donors (Lipinski definition) is 0. The molecule has 0 bridgehead atoms. The maximum atomic E-state index is 12.0. The van der Waals surface area contributed by atoms with Crippen LogP contribution in [0.1, 0.15) is 42.7 Å². The average molecular weight is 297 g/mol. The standard InChI is InChI=1S/C18H19NO3/c20-11-22-10-12-9-16-15(14-4-2-1-3-13(12)14)7-8-19-17(16)5-6-18(19)21/h1-4,11-12,17H,5-10H2/t12-,17-/m0/s1. The minimum Gasteiger partial charge on any atom is -0.467 e. The second kappa shape index (κ2) is 5.27. The van der Waals surface area contributed by atoms with Crippen molar-refractivity contribution in [2.24, 2.45) is 0 Å². The van der Waals surface area contributed by atoms with Crippen molar-refractivity contribution >= 4 is 18.0 Å². The highest BCUT2D eigenvalue weighted by Gasteiger charge is 2.41. The van der Waals surface area contributed by atoms with Crippen molar-refractivity contribution < 1.29 is 14.3 Å². The average Bonchev–Trinajstić information content (AvgIpc) is 2.94. The van der Waals surface area contributed by atoms with Crippen molar-refractivity contribution in [2.75, 3.05) is 13.2 Å². The van der Waals surface area contributed by atoms with E-state index in [-0.39, 0.29) is 17.9 Å². The molecule has 0 radical (unpaired) electrons. The summed E-state index contributed by atoms with van der Waals surface area (Å²) in [6, 6.07) is 8.70. The summed E-state index contributed by atoms with van der Waals surface area (Å²) >= 11 is 0. The van der Waals surface area contributed by atoms with Crippen molar-refractivity contribution in [3.8, 4) is 0 Å². The maximum Gasteiger partial charge on any atom is 0.293 e. The van der Waals surface area contributed by atoms with Crippen molar-refractivity contribution in [3.05, 3.63) is 41.0 Å².